The molecule has 3 rings (SSSR count). The lowest BCUT2D eigenvalue weighted by atomic mass is 10.0. The van der Waals surface area contributed by atoms with Crippen LogP contribution in [0.4, 0.5) is 0 Å². The van der Waals surface area contributed by atoms with Gasteiger partial charge in [-0.3, -0.25) is 4.79 Å². The molecule has 0 saturated heterocycles. The number of amides is 1. The van der Waals surface area contributed by atoms with Gasteiger partial charge < -0.3 is 14.6 Å². The van der Waals surface area contributed by atoms with E-state index in [1.165, 1.54) is 21.7 Å². The van der Waals surface area contributed by atoms with E-state index < -0.39 is 0 Å². The van der Waals surface area contributed by atoms with Gasteiger partial charge in [-0.05, 0) is 54.7 Å². The largest absolute Gasteiger partial charge is 0.465 e. The molecule has 0 aliphatic rings. The van der Waals surface area contributed by atoms with Crippen molar-refractivity contribution in [3.8, 4) is 0 Å². The molecule has 0 aliphatic heterocycles. The van der Waals surface area contributed by atoms with E-state index in [-0.39, 0.29) is 11.9 Å². The lowest BCUT2D eigenvalue weighted by molar-refractivity contribution is -0.116. The first-order chi connectivity index (χ1) is 11.6. The van der Waals surface area contributed by atoms with Crippen LogP contribution in [-0.2, 0) is 4.79 Å². The zero-order valence-corrected chi connectivity index (χ0v) is 14.5. The van der Waals surface area contributed by atoms with Crippen molar-refractivity contribution in [1.82, 2.24) is 10.2 Å². The number of nitrogens with zero attached hydrogens (tertiary/aromatic N) is 1. The van der Waals surface area contributed by atoms with Gasteiger partial charge in [0.25, 0.3) is 0 Å². The fourth-order valence-corrected chi connectivity index (χ4v) is 3.64. The van der Waals surface area contributed by atoms with Crippen LogP contribution in [-0.4, -0.2) is 31.4 Å². The molecule has 1 amide bonds. The summed E-state index contributed by atoms with van der Waals surface area (Å²) < 4.78 is 6.45. The summed E-state index contributed by atoms with van der Waals surface area (Å²) in [4.78, 5) is 14.2. The van der Waals surface area contributed by atoms with Gasteiger partial charge in [0.1, 0.15) is 5.76 Å². The van der Waals surface area contributed by atoms with E-state index >= 15 is 0 Å². The van der Waals surface area contributed by atoms with Crippen LogP contribution in [0.15, 0.2) is 58.5 Å². The topological polar surface area (TPSA) is 45.5 Å². The molecule has 1 aromatic carbocycles. The summed E-state index contributed by atoms with van der Waals surface area (Å²) in [6, 6.07) is 12.1. The maximum atomic E-state index is 12.0. The minimum atomic E-state index is -0.127. The molecule has 0 bridgehead atoms. The number of rotatable bonds is 6. The van der Waals surface area contributed by atoms with E-state index in [0.29, 0.717) is 12.3 Å². The van der Waals surface area contributed by atoms with Gasteiger partial charge >= 0.3 is 0 Å². The second kappa shape index (κ2) is 7.47. The van der Waals surface area contributed by atoms with Crippen molar-refractivity contribution in [2.75, 3.05) is 20.6 Å². The first-order valence-corrected chi connectivity index (χ1v) is 8.65. The van der Waals surface area contributed by atoms with Crippen molar-refractivity contribution in [1.29, 1.82) is 0 Å². The molecular formula is C19H20N2O2S. The molecule has 1 atom stereocenters. The average Bonchev–Trinajstić information content (AvgIpc) is 3.23. The number of fused-ring (bicyclic) bond motifs is 1. The minimum Gasteiger partial charge on any atom is -0.465 e. The summed E-state index contributed by atoms with van der Waals surface area (Å²) in [6.07, 6.45) is 4.75. The van der Waals surface area contributed by atoms with Gasteiger partial charge in [-0.25, -0.2) is 0 Å². The Morgan fingerprint density at radius 1 is 1.29 bits per heavy atom. The van der Waals surface area contributed by atoms with E-state index in [2.05, 4.69) is 39.9 Å². The fraction of sp³-hybridized carbons (Fsp3) is 0.211. The third-order valence-electron chi connectivity index (χ3n) is 3.91. The summed E-state index contributed by atoms with van der Waals surface area (Å²) >= 11 is 1.74. The zero-order valence-electron chi connectivity index (χ0n) is 13.7. The van der Waals surface area contributed by atoms with Crippen molar-refractivity contribution in [3.63, 3.8) is 0 Å². The maximum Gasteiger partial charge on any atom is 0.244 e. The van der Waals surface area contributed by atoms with Crippen LogP contribution in [0.5, 0.6) is 0 Å². The highest BCUT2D eigenvalue weighted by atomic mass is 32.1. The summed E-state index contributed by atoms with van der Waals surface area (Å²) in [5, 5.41) is 6.41. The molecule has 0 saturated carbocycles. The normalized spacial score (nSPS) is 13.0. The standard InChI is InChI=1S/C19H20N2O2S/c1-21(2)17(16-13-24-18-8-4-3-7-15(16)18)12-20-19(22)10-9-14-6-5-11-23-14/h3-11,13,17H,12H2,1-2H3,(H,20,22)/b10-9+. The molecule has 3 aromatic rings. The highest BCUT2D eigenvalue weighted by Gasteiger charge is 2.18. The Morgan fingerprint density at radius 2 is 2.12 bits per heavy atom. The molecule has 4 nitrogen and oxygen atoms in total. The van der Waals surface area contributed by atoms with Crippen LogP contribution in [0, 0.1) is 0 Å². The number of thiophene rings is 1. The second-order valence-electron chi connectivity index (χ2n) is 5.76. The minimum absolute atomic E-state index is 0.127. The summed E-state index contributed by atoms with van der Waals surface area (Å²) in [6.45, 7) is 0.551. The SMILES string of the molecule is CN(C)C(CNC(=O)/C=C/c1ccco1)c1csc2ccccc12. The highest BCUT2D eigenvalue weighted by molar-refractivity contribution is 7.17. The predicted molar refractivity (Wildman–Crippen MR) is 99.0 cm³/mol. The molecule has 5 heteroatoms. The van der Waals surface area contributed by atoms with Gasteiger partial charge in [0, 0.05) is 17.3 Å². The van der Waals surface area contributed by atoms with E-state index in [0.717, 1.165) is 0 Å². The number of carbonyl (C=O) groups excluding carboxylic acids is 1. The number of carbonyl (C=O) groups is 1. The van der Waals surface area contributed by atoms with Gasteiger partial charge in [0.05, 0.1) is 12.3 Å². The van der Waals surface area contributed by atoms with Gasteiger partial charge in [-0.1, -0.05) is 18.2 Å². The van der Waals surface area contributed by atoms with Crippen LogP contribution in [0.1, 0.15) is 17.4 Å². The molecular weight excluding hydrogens is 320 g/mol. The second-order valence-corrected chi connectivity index (χ2v) is 6.67. The lowest BCUT2D eigenvalue weighted by Gasteiger charge is -2.24. The van der Waals surface area contributed by atoms with Crippen molar-refractivity contribution in [2.24, 2.45) is 0 Å². The third kappa shape index (κ3) is 3.75. The van der Waals surface area contributed by atoms with E-state index in [9.17, 15) is 4.79 Å². The Hall–Kier alpha value is -2.37. The quantitative estimate of drug-likeness (QED) is 0.692. The molecule has 0 fully saturated rings. The van der Waals surface area contributed by atoms with E-state index in [1.54, 1.807) is 29.7 Å². The number of nitrogens with one attached hydrogen (secondary N) is 1. The average molecular weight is 340 g/mol. The van der Waals surface area contributed by atoms with Crippen LogP contribution >= 0.6 is 11.3 Å². The zero-order chi connectivity index (χ0) is 16.9. The van der Waals surface area contributed by atoms with Gasteiger partial charge in [0.2, 0.25) is 5.91 Å². The number of likely N-dealkylation sites (N-methyl/N-ethyl adjacent to an activating group) is 1. The van der Waals surface area contributed by atoms with Crippen LogP contribution < -0.4 is 5.32 Å². The van der Waals surface area contributed by atoms with Crippen molar-refractivity contribution < 1.29 is 9.21 Å². The van der Waals surface area contributed by atoms with Crippen molar-refractivity contribution in [2.45, 2.75) is 6.04 Å². The molecule has 124 valence electrons. The number of hydrogen-bond donors (Lipinski definition) is 1. The number of benzene rings is 1. The van der Waals surface area contributed by atoms with Crippen LogP contribution in [0.25, 0.3) is 16.2 Å². The third-order valence-corrected chi connectivity index (χ3v) is 4.89. The Bertz CT molecular complexity index is 834. The van der Waals surface area contributed by atoms with Gasteiger partial charge in [-0.15, -0.1) is 11.3 Å². The first kappa shape index (κ1) is 16.5. The fourth-order valence-electron chi connectivity index (χ4n) is 2.63. The number of hydrogen-bond acceptors (Lipinski definition) is 4. The number of furan rings is 1. The lowest BCUT2D eigenvalue weighted by Crippen LogP contribution is -2.33. The Kier molecular flexibility index (Phi) is 5.13. The molecule has 0 spiro atoms. The summed E-state index contributed by atoms with van der Waals surface area (Å²) in [5.41, 5.74) is 1.25. The van der Waals surface area contributed by atoms with Crippen molar-refractivity contribution >= 4 is 33.4 Å². The highest BCUT2D eigenvalue weighted by Crippen LogP contribution is 2.31. The molecule has 0 aliphatic carbocycles. The Labute approximate surface area is 145 Å². The molecule has 1 unspecified atom stereocenters. The Morgan fingerprint density at radius 3 is 2.88 bits per heavy atom. The molecule has 2 heterocycles. The summed E-state index contributed by atoms with van der Waals surface area (Å²) in [7, 11) is 4.06. The molecule has 0 radical (unpaired) electrons. The van der Waals surface area contributed by atoms with E-state index in [4.69, 9.17) is 4.42 Å². The van der Waals surface area contributed by atoms with Gasteiger partial charge in [0.15, 0.2) is 0 Å². The first-order valence-electron chi connectivity index (χ1n) is 7.77. The smallest absolute Gasteiger partial charge is 0.244 e. The summed E-state index contributed by atoms with van der Waals surface area (Å²) in [5.74, 6) is 0.538. The van der Waals surface area contributed by atoms with Crippen LogP contribution in [0.2, 0.25) is 0 Å². The maximum absolute atomic E-state index is 12.0. The van der Waals surface area contributed by atoms with Crippen LogP contribution in [0.3, 0.4) is 0 Å². The molecule has 24 heavy (non-hydrogen) atoms. The van der Waals surface area contributed by atoms with E-state index in [1.807, 2.05) is 20.2 Å². The Balaban J connectivity index is 1.69. The molecule has 1 N–H and O–H groups in total. The van der Waals surface area contributed by atoms with Crippen molar-refractivity contribution in [3.05, 3.63) is 65.4 Å². The monoisotopic (exact) mass is 340 g/mol. The predicted octanol–water partition coefficient (Wildman–Crippen LogP) is 3.93. The molecule has 2 aromatic heterocycles. The van der Waals surface area contributed by atoms with Gasteiger partial charge in [-0.2, -0.15) is 0 Å².